The summed E-state index contributed by atoms with van der Waals surface area (Å²) in [6, 6.07) is 2.43. The topological polar surface area (TPSA) is 29.1 Å². The molecule has 1 saturated heterocycles. The molecule has 1 fully saturated rings. The molecular formula is C9H13NOS2. The van der Waals surface area contributed by atoms with Crippen molar-refractivity contribution in [3.05, 3.63) is 22.4 Å². The number of nitrogens with one attached hydrogen (secondary N) is 1. The maximum atomic E-state index is 11.5. The Labute approximate surface area is 84.8 Å². The van der Waals surface area contributed by atoms with Crippen molar-refractivity contribution in [1.82, 2.24) is 5.32 Å². The van der Waals surface area contributed by atoms with E-state index in [1.54, 1.807) is 11.3 Å². The van der Waals surface area contributed by atoms with Gasteiger partial charge >= 0.3 is 0 Å². The second kappa shape index (κ2) is 4.35. The van der Waals surface area contributed by atoms with Crippen LogP contribution in [-0.4, -0.2) is 22.3 Å². The molecule has 2 heterocycles. The fourth-order valence-corrected chi connectivity index (χ4v) is 3.55. The highest BCUT2D eigenvalue weighted by molar-refractivity contribution is 7.85. The minimum atomic E-state index is -0.630. The third-order valence-corrected chi connectivity index (χ3v) is 4.39. The summed E-state index contributed by atoms with van der Waals surface area (Å²) in [5, 5.41) is 7.64. The molecule has 0 saturated carbocycles. The summed E-state index contributed by atoms with van der Waals surface area (Å²) >= 11 is 1.70. The molecule has 0 aromatic carbocycles. The van der Waals surface area contributed by atoms with Gasteiger partial charge in [0, 0.05) is 28.3 Å². The minimum Gasteiger partial charge on any atom is -0.309 e. The van der Waals surface area contributed by atoms with Crippen LogP contribution in [-0.2, 0) is 10.8 Å². The summed E-state index contributed by atoms with van der Waals surface area (Å²) in [6.07, 6.45) is 1.03. The Hall–Kier alpha value is -0.190. The van der Waals surface area contributed by atoms with Crippen LogP contribution in [0.1, 0.15) is 18.0 Å². The van der Waals surface area contributed by atoms with E-state index in [2.05, 4.69) is 22.1 Å². The van der Waals surface area contributed by atoms with Gasteiger partial charge in [-0.25, -0.2) is 0 Å². The fourth-order valence-electron chi connectivity index (χ4n) is 1.52. The zero-order valence-corrected chi connectivity index (χ0v) is 9.00. The first-order valence-corrected chi connectivity index (χ1v) is 6.90. The summed E-state index contributed by atoms with van der Waals surface area (Å²) < 4.78 is 11.5. The quantitative estimate of drug-likeness (QED) is 0.770. The first kappa shape index (κ1) is 9.37. The average Bonchev–Trinajstić information content (AvgIpc) is 2.56. The minimum absolute atomic E-state index is 0.314. The summed E-state index contributed by atoms with van der Waals surface area (Å²) in [7, 11) is -0.630. The van der Waals surface area contributed by atoms with E-state index in [1.807, 2.05) is 0 Å². The third-order valence-electron chi connectivity index (χ3n) is 2.24. The molecule has 1 N–H and O–H groups in total. The molecule has 2 nitrogen and oxygen atoms in total. The van der Waals surface area contributed by atoms with Gasteiger partial charge in [0.05, 0.1) is 0 Å². The van der Waals surface area contributed by atoms with Gasteiger partial charge in [-0.1, -0.05) is 0 Å². The monoisotopic (exact) mass is 215 g/mol. The molecule has 1 aromatic heterocycles. The number of thiophene rings is 1. The molecule has 0 bridgehead atoms. The predicted molar refractivity (Wildman–Crippen MR) is 57.6 cm³/mol. The highest BCUT2D eigenvalue weighted by Crippen LogP contribution is 2.19. The smallest absolute Gasteiger partial charge is 0.0445 e. The molecule has 72 valence electrons. The van der Waals surface area contributed by atoms with E-state index in [1.165, 1.54) is 5.56 Å². The summed E-state index contributed by atoms with van der Waals surface area (Å²) in [5.41, 5.74) is 1.29. The fraction of sp³-hybridized carbons (Fsp3) is 0.556. The lowest BCUT2D eigenvalue weighted by atomic mass is 10.2. The summed E-state index contributed by atoms with van der Waals surface area (Å²) in [4.78, 5) is 0. The molecule has 2 unspecified atom stereocenters. The molecule has 2 atom stereocenters. The standard InChI is InChI=1S/C9H13NOS2/c11-13-5-1-3-10-9(7-13)8-2-4-12-6-8/h2,4,6,9-10H,1,3,5,7H2. The molecule has 0 spiro atoms. The van der Waals surface area contributed by atoms with Gasteiger partial charge in [-0.05, 0) is 35.4 Å². The van der Waals surface area contributed by atoms with Crippen LogP contribution in [0.25, 0.3) is 0 Å². The Morgan fingerprint density at radius 1 is 1.62 bits per heavy atom. The van der Waals surface area contributed by atoms with E-state index >= 15 is 0 Å². The van der Waals surface area contributed by atoms with Gasteiger partial charge in [0.1, 0.15) is 0 Å². The van der Waals surface area contributed by atoms with E-state index < -0.39 is 10.8 Å². The van der Waals surface area contributed by atoms with Crippen LogP contribution in [0.15, 0.2) is 16.8 Å². The van der Waals surface area contributed by atoms with Gasteiger partial charge < -0.3 is 5.32 Å². The molecule has 1 aliphatic heterocycles. The Kier molecular flexibility index (Phi) is 3.14. The normalized spacial score (nSPS) is 29.8. The molecule has 4 heteroatoms. The predicted octanol–water partition coefficient (Wildman–Crippen LogP) is 1.53. The Morgan fingerprint density at radius 3 is 3.31 bits per heavy atom. The highest BCUT2D eigenvalue weighted by Gasteiger charge is 2.17. The second-order valence-corrected chi connectivity index (χ2v) is 5.63. The zero-order chi connectivity index (χ0) is 9.10. The van der Waals surface area contributed by atoms with Crippen molar-refractivity contribution in [3.8, 4) is 0 Å². The van der Waals surface area contributed by atoms with Crippen LogP contribution in [0.5, 0.6) is 0 Å². The van der Waals surface area contributed by atoms with Gasteiger partial charge in [0.15, 0.2) is 0 Å². The van der Waals surface area contributed by atoms with Crippen LogP contribution < -0.4 is 5.32 Å². The molecular weight excluding hydrogens is 202 g/mol. The van der Waals surface area contributed by atoms with Gasteiger partial charge in [0.25, 0.3) is 0 Å². The highest BCUT2D eigenvalue weighted by atomic mass is 32.2. The maximum Gasteiger partial charge on any atom is 0.0445 e. The summed E-state index contributed by atoms with van der Waals surface area (Å²) in [6.45, 7) is 0.992. The van der Waals surface area contributed by atoms with Gasteiger partial charge in [0.2, 0.25) is 0 Å². The maximum absolute atomic E-state index is 11.5. The zero-order valence-electron chi connectivity index (χ0n) is 7.36. The van der Waals surface area contributed by atoms with Crippen LogP contribution >= 0.6 is 11.3 Å². The first-order chi connectivity index (χ1) is 6.36. The lowest BCUT2D eigenvalue weighted by molar-refractivity contribution is 0.589. The average molecular weight is 215 g/mol. The van der Waals surface area contributed by atoms with E-state index in [0.717, 1.165) is 24.5 Å². The number of rotatable bonds is 1. The lowest BCUT2D eigenvalue weighted by Gasteiger charge is -2.12. The molecule has 1 aliphatic rings. The second-order valence-electron chi connectivity index (χ2n) is 3.23. The van der Waals surface area contributed by atoms with Crippen LogP contribution in [0.2, 0.25) is 0 Å². The van der Waals surface area contributed by atoms with E-state index in [9.17, 15) is 4.21 Å². The molecule has 0 aliphatic carbocycles. The van der Waals surface area contributed by atoms with Gasteiger partial charge in [-0.15, -0.1) is 0 Å². The van der Waals surface area contributed by atoms with Gasteiger partial charge in [-0.3, -0.25) is 4.21 Å². The summed E-state index contributed by atoms with van der Waals surface area (Å²) in [5.74, 6) is 1.63. The van der Waals surface area contributed by atoms with E-state index in [4.69, 9.17) is 0 Å². The van der Waals surface area contributed by atoms with Crippen LogP contribution in [0.4, 0.5) is 0 Å². The van der Waals surface area contributed by atoms with Crippen molar-refractivity contribution in [2.75, 3.05) is 18.1 Å². The first-order valence-electron chi connectivity index (χ1n) is 4.47. The molecule has 0 radical (unpaired) electrons. The largest absolute Gasteiger partial charge is 0.309 e. The van der Waals surface area contributed by atoms with Crippen LogP contribution in [0, 0.1) is 0 Å². The van der Waals surface area contributed by atoms with Gasteiger partial charge in [-0.2, -0.15) is 11.3 Å². The van der Waals surface area contributed by atoms with Crippen LogP contribution in [0.3, 0.4) is 0 Å². The number of hydrogen-bond acceptors (Lipinski definition) is 3. The Balaban J connectivity index is 2.09. The van der Waals surface area contributed by atoms with Crippen molar-refractivity contribution >= 4 is 22.1 Å². The van der Waals surface area contributed by atoms with E-state index in [0.29, 0.717) is 6.04 Å². The van der Waals surface area contributed by atoms with Crippen molar-refractivity contribution in [2.24, 2.45) is 0 Å². The Morgan fingerprint density at radius 2 is 2.54 bits per heavy atom. The van der Waals surface area contributed by atoms with Crippen molar-refractivity contribution in [1.29, 1.82) is 0 Å². The SMILES string of the molecule is O=S1CCCNC(c2ccsc2)C1. The van der Waals surface area contributed by atoms with E-state index in [-0.39, 0.29) is 0 Å². The number of hydrogen-bond donors (Lipinski definition) is 1. The molecule has 13 heavy (non-hydrogen) atoms. The van der Waals surface area contributed by atoms with Crippen molar-refractivity contribution < 1.29 is 4.21 Å². The third kappa shape index (κ3) is 2.39. The lowest BCUT2D eigenvalue weighted by Crippen LogP contribution is -2.23. The van der Waals surface area contributed by atoms with Crippen molar-refractivity contribution in [2.45, 2.75) is 12.5 Å². The molecule has 0 amide bonds. The van der Waals surface area contributed by atoms with Crippen molar-refractivity contribution in [3.63, 3.8) is 0 Å². The molecule has 2 rings (SSSR count). The molecule has 1 aromatic rings. The Bertz CT molecular complexity index is 284.